The maximum absolute atomic E-state index is 15.1. The number of aromatic nitrogens is 3. The number of rotatable bonds is 6. The standard InChI is InChI=1S/C27H34FN5O3/c1-16(2)24-18(14-33-7-10-35-11-8-33)12-29-22-5-4-19(17(3)25(22)24)26-20(28)13-30-27(32-26)31-21-6-9-36-15-23(21)34/h4-5,12-13,16,21,23,34H,6-11,14-15H2,1-3H3,(H,30,31,32)/t21-,23-/m1/s1. The number of anilines is 1. The summed E-state index contributed by atoms with van der Waals surface area (Å²) in [6.45, 7) is 11.3. The SMILES string of the molecule is Cc1c(-c2nc(N[C@@H]3CCOC[C@H]3O)ncc2F)ccc2ncc(CN3CCOCC3)c(C(C)C)c12. The van der Waals surface area contributed by atoms with Gasteiger partial charge in [-0.15, -0.1) is 0 Å². The molecule has 2 fully saturated rings. The Bertz CT molecular complexity index is 1230. The zero-order valence-electron chi connectivity index (χ0n) is 21.1. The van der Waals surface area contributed by atoms with Crippen LogP contribution in [0.15, 0.2) is 24.5 Å². The molecule has 2 atom stereocenters. The second kappa shape index (κ2) is 10.7. The Hall–Kier alpha value is -2.72. The molecule has 2 aliphatic rings. The maximum Gasteiger partial charge on any atom is 0.223 e. The Labute approximate surface area is 210 Å². The van der Waals surface area contributed by atoms with E-state index >= 15 is 4.39 Å². The van der Waals surface area contributed by atoms with E-state index in [1.54, 1.807) is 0 Å². The molecule has 2 aliphatic heterocycles. The van der Waals surface area contributed by atoms with E-state index in [-0.39, 0.29) is 24.3 Å². The first-order chi connectivity index (χ1) is 17.4. The number of pyridine rings is 1. The number of aliphatic hydroxyl groups is 1. The van der Waals surface area contributed by atoms with Gasteiger partial charge in [-0.2, -0.15) is 0 Å². The van der Waals surface area contributed by atoms with E-state index in [0.717, 1.165) is 49.3 Å². The zero-order valence-corrected chi connectivity index (χ0v) is 21.1. The van der Waals surface area contributed by atoms with Crippen molar-refractivity contribution in [3.05, 3.63) is 47.0 Å². The molecular formula is C27H34FN5O3. The van der Waals surface area contributed by atoms with E-state index in [0.29, 0.717) is 24.5 Å². The van der Waals surface area contributed by atoms with Crippen LogP contribution in [0, 0.1) is 12.7 Å². The molecule has 5 rings (SSSR count). The highest BCUT2D eigenvalue weighted by Crippen LogP contribution is 2.36. The maximum atomic E-state index is 15.1. The van der Waals surface area contributed by atoms with Gasteiger partial charge in [-0.3, -0.25) is 9.88 Å². The lowest BCUT2D eigenvalue weighted by Crippen LogP contribution is -2.42. The summed E-state index contributed by atoms with van der Waals surface area (Å²) < 4.78 is 25.9. The topological polar surface area (TPSA) is 92.6 Å². The predicted molar refractivity (Wildman–Crippen MR) is 137 cm³/mol. The second-order valence-corrected chi connectivity index (χ2v) is 9.94. The molecule has 4 heterocycles. The van der Waals surface area contributed by atoms with Crippen LogP contribution in [-0.2, 0) is 16.0 Å². The van der Waals surface area contributed by atoms with E-state index in [1.165, 1.54) is 17.3 Å². The van der Waals surface area contributed by atoms with Gasteiger partial charge in [0.1, 0.15) is 5.69 Å². The summed E-state index contributed by atoms with van der Waals surface area (Å²) in [7, 11) is 0. The average molecular weight is 496 g/mol. The van der Waals surface area contributed by atoms with Crippen molar-refractivity contribution < 1.29 is 19.0 Å². The minimum absolute atomic E-state index is 0.238. The lowest BCUT2D eigenvalue weighted by atomic mass is 9.89. The number of nitrogens with one attached hydrogen (secondary N) is 1. The van der Waals surface area contributed by atoms with Crippen LogP contribution in [0.5, 0.6) is 0 Å². The van der Waals surface area contributed by atoms with E-state index in [1.807, 2.05) is 25.3 Å². The monoisotopic (exact) mass is 495 g/mol. The molecule has 0 unspecified atom stereocenters. The molecule has 1 aromatic carbocycles. The Balaban J connectivity index is 1.55. The van der Waals surface area contributed by atoms with E-state index in [4.69, 9.17) is 14.5 Å². The number of morpholine rings is 1. The molecule has 192 valence electrons. The Morgan fingerprint density at radius 3 is 2.69 bits per heavy atom. The highest BCUT2D eigenvalue weighted by molar-refractivity contribution is 5.92. The Kier molecular flexibility index (Phi) is 7.43. The molecule has 9 heteroatoms. The molecule has 0 bridgehead atoms. The molecule has 0 spiro atoms. The number of ether oxygens (including phenoxy) is 2. The van der Waals surface area contributed by atoms with Gasteiger partial charge in [-0.1, -0.05) is 19.9 Å². The molecule has 0 amide bonds. The van der Waals surface area contributed by atoms with Crippen LogP contribution >= 0.6 is 0 Å². The van der Waals surface area contributed by atoms with Crippen LogP contribution in [0.4, 0.5) is 10.3 Å². The molecule has 0 saturated carbocycles. The molecule has 3 aromatic rings. The number of hydrogen-bond donors (Lipinski definition) is 2. The zero-order chi connectivity index (χ0) is 25.2. The van der Waals surface area contributed by atoms with Crippen LogP contribution in [0.25, 0.3) is 22.2 Å². The minimum atomic E-state index is -0.664. The van der Waals surface area contributed by atoms with Crippen LogP contribution in [0.3, 0.4) is 0 Å². The fraction of sp³-hybridized carbons (Fsp3) is 0.519. The normalized spacial score (nSPS) is 21.3. The molecule has 8 nitrogen and oxygen atoms in total. The summed E-state index contributed by atoms with van der Waals surface area (Å²) in [5.41, 5.74) is 5.22. The lowest BCUT2D eigenvalue weighted by molar-refractivity contribution is -0.0136. The number of aryl methyl sites for hydroxylation is 1. The Morgan fingerprint density at radius 1 is 1.14 bits per heavy atom. The molecule has 2 aromatic heterocycles. The van der Waals surface area contributed by atoms with Gasteiger partial charge in [0.2, 0.25) is 5.95 Å². The highest BCUT2D eigenvalue weighted by Gasteiger charge is 2.25. The quantitative estimate of drug-likeness (QED) is 0.535. The third-order valence-corrected chi connectivity index (χ3v) is 7.13. The summed E-state index contributed by atoms with van der Waals surface area (Å²) in [5.74, 6) is 0.0714. The number of aliphatic hydroxyl groups excluding tert-OH is 1. The van der Waals surface area contributed by atoms with Crippen molar-refractivity contribution in [3.8, 4) is 11.3 Å². The molecule has 0 radical (unpaired) electrons. The largest absolute Gasteiger partial charge is 0.389 e. The number of halogens is 1. The van der Waals surface area contributed by atoms with Gasteiger partial charge in [0.15, 0.2) is 5.82 Å². The summed E-state index contributed by atoms with van der Waals surface area (Å²) >= 11 is 0. The fourth-order valence-electron chi connectivity index (χ4n) is 5.25. The molecular weight excluding hydrogens is 461 g/mol. The van der Waals surface area contributed by atoms with E-state index < -0.39 is 11.9 Å². The van der Waals surface area contributed by atoms with Crippen molar-refractivity contribution in [2.24, 2.45) is 0 Å². The van der Waals surface area contributed by atoms with Gasteiger partial charge < -0.3 is 19.9 Å². The van der Waals surface area contributed by atoms with Gasteiger partial charge in [-0.25, -0.2) is 14.4 Å². The summed E-state index contributed by atoms with van der Waals surface area (Å²) in [5, 5.41) is 14.4. The van der Waals surface area contributed by atoms with Crippen LogP contribution in [-0.4, -0.2) is 76.6 Å². The van der Waals surface area contributed by atoms with Crippen molar-refractivity contribution in [2.45, 2.75) is 51.8 Å². The predicted octanol–water partition coefficient (Wildman–Crippen LogP) is 3.66. The highest BCUT2D eigenvalue weighted by atomic mass is 19.1. The smallest absolute Gasteiger partial charge is 0.223 e. The molecule has 2 N–H and O–H groups in total. The first kappa shape index (κ1) is 25.0. The van der Waals surface area contributed by atoms with Crippen LogP contribution < -0.4 is 5.32 Å². The van der Waals surface area contributed by atoms with Crippen molar-refractivity contribution in [2.75, 3.05) is 44.8 Å². The molecule has 2 saturated heterocycles. The second-order valence-electron chi connectivity index (χ2n) is 9.94. The van der Waals surface area contributed by atoms with Crippen molar-refractivity contribution in [3.63, 3.8) is 0 Å². The summed E-state index contributed by atoms with van der Waals surface area (Å²) in [6, 6.07) is 3.59. The first-order valence-electron chi connectivity index (χ1n) is 12.7. The van der Waals surface area contributed by atoms with E-state index in [2.05, 4.69) is 34.0 Å². The summed E-state index contributed by atoms with van der Waals surface area (Å²) in [4.78, 5) is 15.8. The minimum Gasteiger partial charge on any atom is -0.389 e. The molecule has 0 aliphatic carbocycles. The van der Waals surface area contributed by atoms with Gasteiger partial charge in [0.05, 0.1) is 43.7 Å². The van der Waals surface area contributed by atoms with Crippen LogP contribution in [0.1, 0.15) is 42.9 Å². The lowest BCUT2D eigenvalue weighted by Gasteiger charge is -2.28. The third-order valence-electron chi connectivity index (χ3n) is 7.13. The van der Waals surface area contributed by atoms with Gasteiger partial charge in [0, 0.05) is 43.4 Å². The Morgan fingerprint density at radius 2 is 1.94 bits per heavy atom. The number of benzene rings is 1. The van der Waals surface area contributed by atoms with E-state index in [9.17, 15) is 5.11 Å². The van der Waals surface area contributed by atoms with Gasteiger partial charge >= 0.3 is 0 Å². The van der Waals surface area contributed by atoms with Crippen molar-refractivity contribution in [1.29, 1.82) is 0 Å². The van der Waals surface area contributed by atoms with Gasteiger partial charge in [-0.05, 0) is 42.0 Å². The fourth-order valence-corrected chi connectivity index (χ4v) is 5.25. The van der Waals surface area contributed by atoms with Crippen molar-refractivity contribution >= 4 is 16.9 Å². The number of nitrogens with zero attached hydrogens (tertiary/aromatic N) is 4. The molecule has 36 heavy (non-hydrogen) atoms. The number of fused-ring (bicyclic) bond motifs is 1. The van der Waals surface area contributed by atoms with Crippen molar-refractivity contribution in [1.82, 2.24) is 19.9 Å². The van der Waals surface area contributed by atoms with Gasteiger partial charge in [0.25, 0.3) is 0 Å². The third kappa shape index (κ3) is 5.06. The number of hydrogen-bond acceptors (Lipinski definition) is 8. The van der Waals surface area contributed by atoms with Crippen LogP contribution in [0.2, 0.25) is 0 Å². The first-order valence-corrected chi connectivity index (χ1v) is 12.7. The summed E-state index contributed by atoms with van der Waals surface area (Å²) in [6.07, 6.45) is 3.14. The average Bonchev–Trinajstić information content (AvgIpc) is 2.87.